The number of rotatable bonds is 4. The topological polar surface area (TPSA) is 87.5 Å². The standard InChI is InChI=1S/C20H26N4O3/c1-20(27)8-3-10-23(11-9-20)19(26)16-6-4-15(5-7-16)17-12-22-24(13-17)14-18(25)21-2/h4-7,12-13,27H,3,8-11,14H2,1-2H3,(H,21,25)/t20-/m1/s1. The van der Waals surface area contributed by atoms with Crippen molar-refractivity contribution >= 4 is 11.8 Å². The van der Waals surface area contributed by atoms with Gasteiger partial charge in [-0.1, -0.05) is 12.1 Å². The van der Waals surface area contributed by atoms with E-state index in [-0.39, 0.29) is 18.4 Å². The smallest absolute Gasteiger partial charge is 0.253 e. The minimum Gasteiger partial charge on any atom is -0.390 e. The van der Waals surface area contributed by atoms with Gasteiger partial charge in [-0.2, -0.15) is 5.10 Å². The van der Waals surface area contributed by atoms with Gasteiger partial charge in [-0.25, -0.2) is 0 Å². The van der Waals surface area contributed by atoms with Crippen molar-refractivity contribution in [2.24, 2.45) is 0 Å². The zero-order valence-corrected chi connectivity index (χ0v) is 15.8. The van der Waals surface area contributed by atoms with Gasteiger partial charge in [-0.15, -0.1) is 0 Å². The Morgan fingerprint density at radius 3 is 2.63 bits per heavy atom. The third kappa shape index (κ3) is 4.74. The van der Waals surface area contributed by atoms with Crippen molar-refractivity contribution in [2.45, 2.75) is 38.3 Å². The van der Waals surface area contributed by atoms with Crippen LogP contribution in [0.3, 0.4) is 0 Å². The number of nitrogens with zero attached hydrogens (tertiary/aromatic N) is 3. The Kier molecular flexibility index (Phi) is 5.60. The Hall–Kier alpha value is -2.67. The van der Waals surface area contributed by atoms with Gasteiger partial charge in [-0.3, -0.25) is 14.3 Å². The third-order valence-corrected chi connectivity index (χ3v) is 5.03. The first-order chi connectivity index (χ1) is 12.9. The molecule has 1 aliphatic heterocycles. The van der Waals surface area contributed by atoms with E-state index in [9.17, 15) is 14.7 Å². The second-order valence-corrected chi connectivity index (χ2v) is 7.32. The predicted octanol–water partition coefficient (Wildman–Crippen LogP) is 1.67. The Morgan fingerprint density at radius 1 is 1.19 bits per heavy atom. The van der Waals surface area contributed by atoms with Gasteiger partial charge in [0.2, 0.25) is 5.91 Å². The molecule has 0 aliphatic carbocycles. The highest BCUT2D eigenvalue weighted by molar-refractivity contribution is 5.94. The minimum absolute atomic E-state index is 0.00504. The van der Waals surface area contributed by atoms with Gasteiger partial charge in [0.1, 0.15) is 6.54 Å². The van der Waals surface area contributed by atoms with E-state index >= 15 is 0 Å². The molecular formula is C20H26N4O3. The van der Waals surface area contributed by atoms with E-state index in [2.05, 4.69) is 10.4 Å². The largest absolute Gasteiger partial charge is 0.390 e. The third-order valence-electron chi connectivity index (χ3n) is 5.03. The van der Waals surface area contributed by atoms with E-state index in [0.717, 1.165) is 24.0 Å². The molecule has 1 aromatic heterocycles. The normalized spacial score (nSPS) is 20.2. The molecule has 0 spiro atoms. The monoisotopic (exact) mass is 370 g/mol. The Morgan fingerprint density at radius 2 is 1.93 bits per heavy atom. The van der Waals surface area contributed by atoms with Gasteiger partial charge in [0, 0.05) is 37.5 Å². The van der Waals surface area contributed by atoms with E-state index < -0.39 is 5.60 Å². The SMILES string of the molecule is CNC(=O)Cn1cc(-c2ccc(C(=O)N3CCC[C@@](C)(O)CC3)cc2)cn1. The summed E-state index contributed by atoms with van der Waals surface area (Å²) >= 11 is 0. The molecule has 7 heteroatoms. The highest BCUT2D eigenvalue weighted by atomic mass is 16.3. The number of aliphatic hydroxyl groups is 1. The highest BCUT2D eigenvalue weighted by Crippen LogP contribution is 2.24. The maximum atomic E-state index is 12.8. The number of hydrogen-bond donors (Lipinski definition) is 2. The van der Waals surface area contributed by atoms with Crippen LogP contribution in [0.25, 0.3) is 11.1 Å². The van der Waals surface area contributed by atoms with Gasteiger partial charge >= 0.3 is 0 Å². The quantitative estimate of drug-likeness (QED) is 0.857. The van der Waals surface area contributed by atoms with Crippen LogP contribution in [0.2, 0.25) is 0 Å². The van der Waals surface area contributed by atoms with Crippen molar-refractivity contribution in [2.75, 3.05) is 20.1 Å². The van der Waals surface area contributed by atoms with Gasteiger partial charge in [0.25, 0.3) is 5.91 Å². The Labute approximate surface area is 159 Å². The Bertz CT molecular complexity index is 811. The molecule has 0 saturated carbocycles. The van der Waals surface area contributed by atoms with Crippen LogP contribution in [0.15, 0.2) is 36.7 Å². The van der Waals surface area contributed by atoms with Crippen molar-refractivity contribution in [1.29, 1.82) is 0 Å². The second-order valence-electron chi connectivity index (χ2n) is 7.32. The lowest BCUT2D eigenvalue weighted by Gasteiger charge is -2.22. The van der Waals surface area contributed by atoms with Crippen molar-refractivity contribution in [1.82, 2.24) is 20.0 Å². The predicted molar refractivity (Wildman–Crippen MR) is 102 cm³/mol. The molecule has 0 bridgehead atoms. The van der Waals surface area contributed by atoms with E-state index in [1.165, 1.54) is 0 Å². The molecule has 2 heterocycles. The molecule has 2 amide bonds. The molecular weight excluding hydrogens is 344 g/mol. The van der Waals surface area contributed by atoms with Gasteiger partial charge in [-0.05, 0) is 43.9 Å². The summed E-state index contributed by atoms with van der Waals surface area (Å²) in [4.78, 5) is 26.0. The first-order valence-electron chi connectivity index (χ1n) is 9.23. The zero-order valence-electron chi connectivity index (χ0n) is 15.8. The molecule has 0 radical (unpaired) electrons. The van der Waals surface area contributed by atoms with Crippen LogP contribution >= 0.6 is 0 Å². The van der Waals surface area contributed by atoms with Crippen LogP contribution in [-0.2, 0) is 11.3 Å². The lowest BCUT2D eigenvalue weighted by Crippen LogP contribution is -2.33. The molecule has 0 unspecified atom stereocenters. The summed E-state index contributed by atoms with van der Waals surface area (Å²) in [7, 11) is 1.59. The van der Waals surface area contributed by atoms with Crippen LogP contribution in [0, 0.1) is 0 Å². The fourth-order valence-electron chi connectivity index (χ4n) is 3.28. The van der Waals surface area contributed by atoms with Gasteiger partial charge in [0.05, 0.1) is 11.8 Å². The number of nitrogens with one attached hydrogen (secondary N) is 1. The van der Waals surface area contributed by atoms with Gasteiger partial charge in [0.15, 0.2) is 0 Å². The van der Waals surface area contributed by atoms with Crippen LogP contribution in [0.5, 0.6) is 0 Å². The molecule has 27 heavy (non-hydrogen) atoms. The molecule has 144 valence electrons. The number of amides is 2. The summed E-state index contributed by atoms with van der Waals surface area (Å²) < 4.78 is 1.58. The first-order valence-corrected chi connectivity index (χ1v) is 9.23. The van der Waals surface area contributed by atoms with Gasteiger partial charge < -0.3 is 15.3 Å². The van der Waals surface area contributed by atoms with Crippen molar-refractivity contribution in [3.8, 4) is 11.1 Å². The molecule has 1 aromatic carbocycles. The average Bonchev–Trinajstić information content (AvgIpc) is 3.04. The zero-order chi connectivity index (χ0) is 19.4. The fourth-order valence-corrected chi connectivity index (χ4v) is 3.28. The van der Waals surface area contributed by atoms with Crippen molar-refractivity contribution in [3.05, 3.63) is 42.2 Å². The summed E-state index contributed by atoms with van der Waals surface area (Å²) in [5, 5.41) is 16.9. The first kappa shape index (κ1) is 19.1. The van der Waals surface area contributed by atoms with Crippen molar-refractivity contribution in [3.63, 3.8) is 0 Å². The van der Waals surface area contributed by atoms with E-state index in [0.29, 0.717) is 25.1 Å². The number of benzene rings is 1. The lowest BCUT2D eigenvalue weighted by atomic mass is 9.98. The molecule has 2 aromatic rings. The van der Waals surface area contributed by atoms with E-state index in [1.54, 1.807) is 17.9 Å². The average molecular weight is 370 g/mol. The number of aromatic nitrogens is 2. The number of carbonyl (C=O) groups excluding carboxylic acids is 2. The number of carbonyl (C=O) groups is 2. The number of hydrogen-bond acceptors (Lipinski definition) is 4. The molecule has 7 nitrogen and oxygen atoms in total. The summed E-state index contributed by atoms with van der Waals surface area (Å²) in [6.07, 6.45) is 5.64. The maximum absolute atomic E-state index is 12.8. The summed E-state index contributed by atoms with van der Waals surface area (Å²) in [5.74, 6) is -0.114. The minimum atomic E-state index is -0.687. The van der Waals surface area contributed by atoms with Crippen LogP contribution in [-0.4, -0.2) is 57.3 Å². The highest BCUT2D eigenvalue weighted by Gasteiger charge is 2.27. The second kappa shape index (κ2) is 7.92. The fraction of sp³-hybridized carbons (Fsp3) is 0.450. The summed E-state index contributed by atoms with van der Waals surface area (Å²) in [6.45, 7) is 3.24. The number of likely N-dealkylation sites (N-methyl/N-ethyl adjacent to an activating group) is 1. The van der Waals surface area contributed by atoms with E-state index in [4.69, 9.17) is 0 Å². The molecule has 1 saturated heterocycles. The molecule has 1 aliphatic rings. The molecule has 1 fully saturated rings. The van der Waals surface area contributed by atoms with Crippen LogP contribution < -0.4 is 5.32 Å². The van der Waals surface area contributed by atoms with Crippen molar-refractivity contribution < 1.29 is 14.7 Å². The van der Waals surface area contributed by atoms with Crippen LogP contribution in [0.1, 0.15) is 36.5 Å². The lowest BCUT2D eigenvalue weighted by molar-refractivity contribution is -0.121. The molecule has 3 rings (SSSR count). The van der Waals surface area contributed by atoms with E-state index in [1.807, 2.05) is 42.3 Å². The summed E-state index contributed by atoms with van der Waals surface area (Å²) in [5.41, 5.74) is 1.78. The van der Waals surface area contributed by atoms with Crippen LogP contribution in [0.4, 0.5) is 0 Å². The Balaban J connectivity index is 1.68. The molecule has 1 atom stereocenters. The number of likely N-dealkylation sites (tertiary alicyclic amines) is 1. The summed E-state index contributed by atoms with van der Waals surface area (Å²) in [6, 6.07) is 7.42. The molecule has 2 N–H and O–H groups in total. The maximum Gasteiger partial charge on any atom is 0.253 e.